The molecule has 3 N–H and O–H groups in total. The van der Waals surface area contributed by atoms with Crippen LogP contribution < -0.4 is 21.9 Å². The third-order valence-electron chi connectivity index (χ3n) is 4.75. The number of para-hydroxylation sites is 1. The van der Waals surface area contributed by atoms with Gasteiger partial charge in [0.05, 0.1) is 11.4 Å². The van der Waals surface area contributed by atoms with Crippen molar-refractivity contribution >= 4 is 51.0 Å². The molecule has 0 bridgehead atoms. The minimum atomic E-state index is -0.648. The molecule has 10 heteroatoms. The van der Waals surface area contributed by atoms with Gasteiger partial charge in [-0.05, 0) is 23.5 Å². The molecule has 1 aromatic carbocycles. The number of carbonyl (C=O) groups excluding carboxylic acids is 1. The van der Waals surface area contributed by atoms with E-state index in [4.69, 9.17) is 5.73 Å². The molecule has 0 spiro atoms. The molecule has 1 amide bonds. The van der Waals surface area contributed by atoms with Crippen LogP contribution in [0.3, 0.4) is 0 Å². The lowest BCUT2D eigenvalue weighted by molar-refractivity contribution is -0.116. The second-order valence-electron chi connectivity index (χ2n) is 8.48. The molecule has 2 heterocycles. The predicted octanol–water partition coefficient (Wildman–Crippen LogP) is 3.43. The Bertz CT molecular complexity index is 1140. The number of carbonyl (C=O) groups is 1. The summed E-state index contributed by atoms with van der Waals surface area (Å²) in [5, 5.41) is 0. The largest absolute Gasteiger partial charge is 0.383 e. The second-order valence-corrected chi connectivity index (χ2v) is 10.7. The SMILES string of the molecule is CC(C)CN(C(=O)CSC1=Nc2ccccc2CS1)c1c(N)n(CC(C)C)c(=O)[nH]c1=O. The molecule has 2 aromatic rings. The molecule has 3 rings (SSSR count). The lowest BCUT2D eigenvalue weighted by atomic mass is 10.2. The fourth-order valence-corrected chi connectivity index (χ4v) is 5.29. The Balaban J connectivity index is 1.87. The van der Waals surface area contributed by atoms with Crippen LogP contribution in [0.1, 0.15) is 33.3 Å². The minimum absolute atomic E-state index is 0.0183. The summed E-state index contributed by atoms with van der Waals surface area (Å²) in [5.74, 6) is 0.925. The highest BCUT2D eigenvalue weighted by atomic mass is 32.2. The van der Waals surface area contributed by atoms with E-state index >= 15 is 0 Å². The van der Waals surface area contributed by atoms with Crippen molar-refractivity contribution in [2.24, 2.45) is 16.8 Å². The first-order valence-corrected chi connectivity index (χ1v) is 12.5. The van der Waals surface area contributed by atoms with Gasteiger partial charge in [-0.2, -0.15) is 0 Å². The molecule has 0 atom stereocenters. The van der Waals surface area contributed by atoms with E-state index in [-0.39, 0.29) is 35.0 Å². The molecule has 0 fully saturated rings. The van der Waals surface area contributed by atoms with Crippen molar-refractivity contribution in [2.45, 2.75) is 40.0 Å². The van der Waals surface area contributed by atoms with Crippen molar-refractivity contribution in [1.29, 1.82) is 0 Å². The van der Waals surface area contributed by atoms with Crippen LogP contribution in [0.25, 0.3) is 0 Å². The van der Waals surface area contributed by atoms with Crippen molar-refractivity contribution in [3.05, 3.63) is 50.7 Å². The number of amides is 1. The van der Waals surface area contributed by atoms with Crippen molar-refractivity contribution in [3.8, 4) is 0 Å². The van der Waals surface area contributed by atoms with Crippen LogP contribution in [0.15, 0.2) is 38.8 Å². The highest BCUT2D eigenvalue weighted by Gasteiger charge is 2.26. The van der Waals surface area contributed by atoms with Crippen LogP contribution in [-0.4, -0.2) is 32.1 Å². The number of H-pyrrole nitrogens is 1. The number of rotatable bonds is 7. The van der Waals surface area contributed by atoms with E-state index in [9.17, 15) is 14.4 Å². The number of nitrogens with two attached hydrogens (primary N) is 1. The molecule has 32 heavy (non-hydrogen) atoms. The van der Waals surface area contributed by atoms with Gasteiger partial charge in [0, 0.05) is 18.8 Å². The van der Waals surface area contributed by atoms with Crippen LogP contribution in [0.5, 0.6) is 0 Å². The number of anilines is 2. The third kappa shape index (κ3) is 5.66. The average Bonchev–Trinajstić information content (AvgIpc) is 2.73. The van der Waals surface area contributed by atoms with Crippen LogP contribution in [0.4, 0.5) is 17.2 Å². The molecular weight excluding hydrogens is 446 g/mol. The van der Waals surface area contributed by atoms with E-state index in [1.165, 1.54) is 26.8 Å². The highest BCUT2D eigenvalue weighted by molar-refractivity contribution is 8.38. The first kappa shape index (κ1) is 24.2. The van der Waals surface area contributed by atoms with Crippen LogP contribution >= 0.6 is 23.5 Å². The van der Waals surface area contributed by atoms with Gasteiger partial charge in [0.2, 0.25) is 5.91 Å². The standard InChI is InChI=1S/C22H29N5O3S2/c1-13(2)9-26(18-19(23)27(10-14(3)4)21(30)25-20(18)29)17(28)12-32-22-24-16-8-6-5-7-15(16)11-31-22/h5-8,13-14H,9-12,23H2,1-4H3,(H,25,29,30). The van der Waals surface area contributed by atoms with Crippen LogP contribution in [0, 0.1) is 11.8 Å². The summed E-state index contributed by atoms with van der Waals surface area (Å²) in [6.07, 6.45) is 0. The Morgan fingerprint density at radius 3 is 2.66 bits per heavy atom. The second kappa shape index (κ2) is 10.4. The molecule has 8 nitrogen and oxygen atoms in total. The number of nitrogen functional groups attached to an aromatic ring is 1. The predicted molar refractivity (Wildman–Crippen MR) is 135 cm³/mol. The normalized spacial score (nSPS) is 13.2. The number of aromatic amines is 1. The van der Waals surface area contributed by atoms with Crippen molar-refractivity contribution in [2.75, 3.05) is 22.9 Å². The lowest BCUT2D eigenvalue weighted by Crippen LogP contribution is -2.43. The zero-order valence-electron chi connectivity index (χ0n) is 18.8. The van der Waals surface area contributed by atoms with Gasteiger partial charge >= 0.3 is 5.69 Å². The quantitative estimate of drug-likeness (QED) is 0.634. The Kier molecular flexibility index (Phi) is 7.89. The number of benzene rings is 1. The Labute approximate surface area is 195 Å². The van der Waals surface area contributed by atoms with E-state index in [1.807, 2.05) is 52.0 Å². The van der Waals surface area contributed by atoms with Gasteiger partial charge in [-0.25, -0.2) is 9.79 Å². The smallest absolute Gasteiger partial charge is 0.330 e. The van der Waals surface area contributed by atoms with Gasteiger partial charge in [0.25, 0.3) is 5.56 Å². The fourth-order valence-electron chi connectivity index (χ4n) is 3.35. The average molecular weight is 476 g/mol. The van der Waals surface area contributed by atoms with Crippen LogP contribution in [-0.2, 0) is 17.1 Å². The molecule has 0 unspecified atom stereocenters. The molecule has 172 valence electrons. The molecule has 1 aliphatic rings. The molecule has 1 aliphatic heterocycles. The Morgan fingerprint density at radius 1 is 1.25 bits per heavy atom. The number of nitrogens with one attached hydrogen (secondary N) is 1. The van der Waals surface area contributed by atoms with E-state index in [0.29, 0.717) is 13.1 Å². The van der Waals surface area contributed by atoms with Gasteiger partial charge < -0.3 is 10.6 Å². The highest BCUT2D eigenvalue weighted by Crippen LogP contribution is 2.34. The van der Waals surface area contributed by atoms with E-state index < -0.39 is 11.2 Å². The maximum Gasteiger partial charge on any atom is 0.330 e. The first-order chi connectivity index (χ1) is 15.2. The van der Waals surface area contributed by atoms with Gasteiger partial charge in [-0.1, -0.05) is 69.4 Å². The molecular formula is C22H29N5O3S2. The summed E-state index contributed by atoms with van der Waals surface area (Å²) in [4.78, 5) is 46.6. The molecule has 1 aromatic heterocycles. The van der Waals surface area contributed by atoms with Crippen molar-refractivity contribution in [3.63, 3.8) is 0 Å². The van der Waals surface area contributed by atoms with Gasteiger partial charge in [-0.15, -0.1) is 0 Å². The first-order valence-electron chi connectivity index (χ1n) is 10.5. The third-order valence-corrected chi connectivity index (χ3v) is 6.98. The van der Waals surface area contributed by atoms with Crippen molar-refractivity contribution in [1.82, 2.24) is 9.55 Å². The molecule has 0 saturated heterocycles. The zero-order valence-corrected chi connectivity index (χ0v) is 20.4. The number of nitrogens with zero attached hydrogens (tertiary/aromatic N) is 3. The van der Waals surface area contributed by atoms with Gasteiger partial charge in [0.1, 0.15) is 10.2 Å². The van der Waals surface area contributed by atoms with Crippen LogP contribution in [0.2, 0.25) is 0 Å². The summed E-state index contributed by atoms with van der Waals surface area (Å²) in [5.41, 5.74) is 7.16. The number of fused-ring (bicyclic) bond motifs is 1. The summed E-state index contributed by atoms with van der Waals surface area (Å²) >= 11 is 2.94. The molecule has 0 radical (unpaired) electrons. The number of aromatic nitrogens is 2. The number of aliphatic imine (C=N–C) groups is 1. The summed E-state index contributed by atoms with van der Waals surface area (Å²) in [6, 6.07) is 7.93. The minimum Gasteiger partial charge on any atom is -0.383 e. The van der Waals surface area contributed by atoms with E-state index in [1.54, 1.807) is 11.8 Å². The maximum absolute atomic E-state index is 13.2. The summed E-state index contributed by atoms with van der Waals surface area (Å²) in [6.45, 7) is 8.48. The summed E-state index contributed by atoms with van der Waals surface area (Å²) in [7, 11) is 0. The Hall–Kier alpha value is -2.46. The van der Waals surface area contributed by atoms with Crippen molar-refractivity contribution < 1.29 is 4.79 Å². The number of hydrogen-bond acceptors (Lipinski definition) is 7. The van der Waals surface area contributed by atoms with E-state index in [2.05, 4.69) is 9.98 Å². The van der Waals surface area contributed by atoms with Gasteiger partial charge in [-0.3, -0.25) is 19.1 Å². The summed E-state index contributed by atoms with van der Waals surface area (Å²) < 4.78 is 2.14. The topological polar surface area (TPSA) is 114 Å². The maximum atomic E-state index is 13.2. The number of hydrogen-bond donors (Lipinski definition) is 2. The monoisotopic (exact) mass is 475 g/mol. The number of thioether (sulfide) groups is 2. The zero-order chi connectivity index (χ0) is 23.4. The molecule has 0 aliphatic carbocycles. The lowest BCUT2D eigenvalue weighted by Gasteiger charge is -2.26. The van der Waals surface area contributed by atoms with E-state index in [0.717, 1.165) is 15.8 Å². The molecule has 0 saturated carbocycles. The van der Waals surface area contributed by atoms with Gasteiger partial charge in [0.15, 0.2) is 5.69 Å². The fraction of sp³-hybridized carbons (Fsp3) is 0.455. The Morgan fingerprint density at radius 2 is 1.97 bits per heavy atom.